The van der Waals surface area contributed by atoms with Crippen molar-refractivity contribution in [1.29, 1.82) is 0 Å². The molecule has 0 aromatic heterocycles. The number of hydrogen-bond acceptors (Lipinski definition) is 4. The van der Waals surface area contributed by atoms with E-state index in [1.54, 1.807) is 6.92 Å². The number of aliphatic hydroxyl groups is 1. The summed E-state index contributed by atoms with van der Waals surface area (Å²) in [5.74, 6) is 0.634. The van der Waals surface area contributed by atoms with Gasteiger partial charge in [0, 0.05) is 19.2 Å². The number of rotatable bonds is 8. The molecule has 1 rings (SSSR count). The molecule has 0 spiro atoms. The van der Waals surface area contributed by atoms with E-state index >= 15 is 0 Å². The molecule has 5 nitrogen and oxygen atoms in total. The summed E-state index contributed by atoms with van der Waals surface area (Å²) in [5, 5.41) is 9.11. The van der Waals surface area contributed by atoms with Crippen molar-refractivity contribution < 1.29 is 13.5 Å². The Balaban J connectivity index is 2.16. The zero-order chi connectivity index (χ0) is 14.3. The van der Waals surface area contributed by atoms with Crippen LogP contribution in [0.1, 0.15) is 39.0 Å². The molecular weight excluding hydrogens is 264 g/mol. The Bertz CT molecular complexity index is 338. The summed E-state index contributed by atoms with van der Waals surface area (Å²) in [6.07, 6.45) is 5.34. The normalized spacial score (nSPS) is 24.8. The second kappa shape index (κ2) is 8.19. The zero-order valence-corrected chi connectivity index (χ0v) is 13.0. The van der Waals surface area contributed by atoms with Gasteiger partial charge in [0.15, 0.2) is 0 Å². The topological polar surface area (TPSA) is 69.6 Å². The van der Waals surface area contributed by atoms with E-state index in [4.69, 9.17) is 5.11 Å². The molecule has 0 radical (unpaired) electrons. The lowest BCUT2D eigenvalue weighted by atomic mass is 9.86. The molecule has 114 valence electrons. The van der Waals surface area contributed by atoms with Gasteiger partial charge in [0.1, 0.15) is 0 Å². The first-order valence-electron chi connectivity index (χ1n) is 7.27. The van der Waals surface area contributed by atoms with Crippen LogP contribution in [0.25, 0.3) is 0 Å². The van der Waals surface area contributed by atoms with E-state index in [0.717, 1.165) is 38.6 Å². The quantitative estimate of drug-likeness (QED) is 0.649. The molecule has 6 heteroatoms. The van der Waals surface area contributed by atoms with Gasteiger partial charge in [0.2, 0.25) is 10.0 Å². The monoisotopic (exact) mass is 292 g/mol. The Morgan fingerprint density at radius 2 is 1.89 bits per heavy atom. The Labute approximate surface area is 117 Å². The van der Waals surface area contributed by atoms with E-state index in [1.165, 1.54) is 0 Å². The van der Waals surface area contributed by atoms with E-state index in [9.17, 15) is 8.42 Å². The Hall–Kier alpha value is -0.170. The lowest BCUT2D eigenvalue weighted by Gasteiger charge is -2.34. The highest BCUT2D eigenvalue weighted by molar-refractivity contribution is 7.89. The van der Waals surface area contributed by atoms with Crippen LogP contribution in [0.3, 0.4) is 0 Å². The first-order valence-corrected chi connectivity index (χ1v) is 8.92. The molecule has 1 aliphatic rings. The van der Waals surface area contributed by atoms with Gasteiger partial charge in [-0.05, 0) is 58.5 Å². The fraction of sp³-hybridized carbons (Fsp3) is 1.00. The number of hydrogen-bond donors (Lipinski definition) is 2. The van der Waals surface area contributed by atoms with Gasteiger partial charge in [-0.1, -0.05) is 0 Å². The Kier molecular flexibility index (Phi) is 7.28. The molecular formula is C13H28N2O3S. The van der Waals surface area contributed by atoms with Crippen LogP contribution in [0, 0.1) is 5.92 Å². The van der Waals surface area contributed by atoms with Crippen molar-refractivity contribution in [3.8, 4) is 0 Å². The molecule has 0 heterocycles. The van der Waals surface area contributed by atoms with Crippen molar-refractivity contribution in [2.75, 3.05) is 32.5 Å². The average molecular weight is 292 g/mol. The standard InChI is InChI=1S/C13H28N2O3S/c1-3-19(17,18)14-9-4-10-15(2)13-7-5-12(11-16)6-8-13/h12-14,16H,3-11H2,1-2H3. The molecule has 0 aliphatic heterocycles. The van der Waals surface area contributed by atoms with Gasteiger partial charge in [-0.3, -0.25) is 0 Å². The lowest BCUT2D eigenvalue weighted by Crippen LogP contribution is -2.37. The maximum Gasteiger partial charge on any atom is 0.211 e. The SMILES string of the molecule is CCS(=O)(=O)NCCCN(C)C1CCC(CO)CC1. The maximum absolute atomic E-state index is 11.3. The highest BCUT2D eigenvalue weighted by Crippen LogP contribution is 2.26. The third kappa shape index (κ3) is 6.21. The second-order valence-electron chi connectivity index (χ2n) is 5.49. The summed E-state index contributed by atoms with van der Waals surface area (Å²) < 4.78 is 25.1. The average Bonchev–Trinajstić information content (AvgIpc) is 2.43. The highest BCUT2D eigenvalue weighted by atomic mass is 32.2. The van der Waals surface area contributed by atoms with Crippen LogP contribution in [-0.4, -0.2) is 57.0 Å². The van der Waals surface area contributed by atoms with Gasteiger partial charge in [0.05, 0.1) is 5.75 Å². The zero-order valence-electron chi connectivity index (χ0n) is 12.1. The summed E-state index contributed by atoms with van der Waals surface area (Å²) in [6.45, 7) is 3.40. The molecule has 0 aromatic rings. The predicted molar refractivity (Wildman–Crippen MR) is 77.5 cm³/mol. The van der Waals surface area contributed by atoms with Crippen molar-refractivity contribution in [2.24, 2.45) is 5.92 Å². The van der Waals surface area contributed by atoms with E-state index in [1.807, 2.05) is 0 Å². The van der Waals surface area contributed by atoms with E-state index in [-0.39, 0.29) is 5.75 Å². The van der Waals surface area contributed by atoms with Crippen molar-refractivity contribution in [1.82, 2.24) is 9.62 Å². The molecule has 0 amide bonds. The summed E-state index contributed by atoms with van der Waals surface area (Å²) >= 11 is 0. The fourth-order valence-corrected chi connectivity index (χ4v) is 3.27. The highest BCUT2D eigenvalue weighted by Gasteiger charge is 2.23. The van der Waals surface area contributed by atoms with Crippen LogP contribution < -0.4 is 4.72 Å². The van der Waals surface area contributed by atoms with Crippen LogP contribution in [-0.2, 0) is 10.0 Å². The molecule has 1 fully saturated rings. The summed E-state index contributed by atoms with van der Waals surface area (Å²) in [6, 6.07) is 0.589. The van der Waals surface area contributed by atoms with E-state index in [2.05, 4.69) is 16.7 Å². The van der Waals surface area contributed by atoms with E-state index in [0.29, 0.717) is 25.1 Å². The summed E-state index contributed by atoms with van der Waals surface area (Å²) in [4.78, 5) is 2.33. The Morgan fingerprint density at radius 1 is 1.26 bits per heavy atom. The molecule has 2 N–H and O–H groups in total. The van der Waals surface area contributed by atoms with Gasteiger partial charge >= 0.3 is 0 Å². The van der Waals surface area contributed by atoms with Gasteiger partial charge in [-0.2, -0.15) is 0 Å². The minimum atomic E-state index is -3.05. The van der Waals surface area contributed by atoms with Gasteiger partial charge in [-0.25, -0.2) is 13.1 Å². The fourth-order valence-electron chi connectivity index (χ4n) is 2.61. The van der Waals surface area contributed by atoms with E-state index < -0.39 is 10.0 Å². The van der Waals surface area contributed by atoms with Crippen molar-refractivity contribution in [3.63, 3.8) is 0 Å². The molecule has 0 atom stereocenters. The molecule has 0 unspecified atom stereocenters. The third-order valence-corrected chi connectivity index (χ3v) is 5.49. The third-order valence-electron chi connectivity index (χ3n) is 4.09. The Morgan fingerprint density at radius 3 is 2.42 bits per heavy atom. The smallest absolute Gasteiger partial charge is 0.211 e. The first kappa shape index (κ1) is 16.9. The maximum atomic E-state index is 11.3. The molecule has 19 heavy (non-hydrogen) atoms. The van der Waals surface area contributed by atoms with Crippen LogP contribution in [0.4, 0.5) is 0 Å². The van der Waals surface area contributed by atoms with Crippen molar-refractivity contribution >= 4 is 10.0 Å². The molecule has 0 bridgehead atoms. The van der Waals surface area contributed by atoms with Gasteiger partial charge in [0.25, 0.3) is 0 Å². The van der Waals surface area contributed by atoms with Crippen molar-refractivity contribution in [3.05, 3.63) is 0 Å². The van der Waals surface area contributed by atoms with Crippen LogP contribution in [0.5, 0.6) is 0 Å². The predicted octanol–water partition coefficient (Wildman–Crippen LogP) is 0.799. The van der Waals surface area contributed by atoms with Gasteiger partial charge in [-0.15, -0.1) is 0 Å². The molecule has 1 aliphatic carbocycles. The summed E-state index contributed by atoms with van der Waals surface area (Å²) in [5.41, 5.74) is 0. The molecule has 0 aromatic carbocycles. The molecule has 0 saturated heterocycles. The number of nitrogens with one attached hydrogen (secondary N) is 1. The number of nitrogens with zero attached hydrogens (tertiary/aromatic N) is 1. The van der Waals surface area contributed by atoms with Crippen molar-refractivity contribution in [2.45, 2.75) is 45.1 Å². The summed E-state index contributed by atoms with van der Waals surface area (Å²) in [7, 11) is -0.940. The lowest BCUT2D eigenvalue weighted by molar-refractivity contribution is 0.127. The number of sulfonamides is 1. The van der Waals surface area contributed by atoms with Crippen LogP contribution >= 0.6 is 0 Å². The van der Waals surface area contributed by atoms with Crippen LogP contribution in [0.2, 0.25) is 0 Å². The first-order chi connectivity index (χ1) is 8.98. The molecule has 1 saturated carbocycles. The number of aliphatic hydroxyl groups excluding tert-OH is 1. The second-order valence-corrected chi connectivity index (χ2v) is 7.58. The largest absolute Gasteiger partial charge is 0.396 e. The minimum Gasteiger partial charge on any atom is -0.396 e. The van der Waals surface area contributed by atoms with Gasteiger partial charge < -0.3 is 10.0 Å². The minimum absolute atomic E-state index is 0.147. The van der Waals surface area contributed by atoms with Crippen LogP contribution in [0.15, 0.2) is 0 Å².